The van der Waals surface area contributed by atoms with Gasteiger partial charge in [-0.1, -0.05) is 23.7 Å². The first-order chi connectivity index (χ1) is 6.68. The van der Waals surface area contributed by atoms with Gasteiger partial charge in [-0.05, 0) is 19.1 Å². The fourth-order valence-electron chi connectivity index (χ4n) is 1.31. The summed E-state index contributed by atoms with van der Waals surface area (Å²) in [6.07, 6.45) is 1.74. The van der Waals surface area contributed by atoms with Crippen LogP contribution < -0.4 is 5.84 Å². The third-order valence-electron chi connectivity index (χ3n) is 2.10. The molecule has 4 heteroatoms. The zero-order chi connectivity index (χ0) is 10.1. The lowest BCUT2D eigenvalue weighted by atomic mass is 10.2. The Labute approximate surface area is 87.1 Å². The lowest BCUT2D eigenvalue weighted by Gasteiger charge is -2.03. The lowest BCUT2D eigenvalue weighted by Crippen LogP contribution is -2.11. The van der Waals surface area contributed by atoms with Gasteiger partial charge in [-0.25, -0.2) is 9.66 Å². The summed E-state index contributed by atoms with van der Waals surface area (Å²) in [6.45, 7) is 1.86. The van der Waals surface area contributed by atoms with Crippen molar-refractivity contribution < 1.29 is 0 Å². The summed E-state index contributed by atoms with van der Waals surface area (Å²) < 4.78 is 1.55. The average molecular weight is 208 g/mol. The molecule has 0 unspecified atom stereocenters. The van der Waals surface area contributed by atoms with Gasteiger partial charge < -0.3 is 5.84 Å². The van der Waals surface area contributed by atoms with Crippen molar-refractivity contribution in [2.75, 3.05) is 5.84 Å². The van der Waals surface area contributed by atoms with E-state index >= 15 is 0 Å². The van der Waals surface area contributed by atoms with Gasteiger partial charge in [0.2, 0.25) is 0 Å². The second kappa shape index (κ2) is 3.35. The molecule has 0 bridgehead atoms. The first-order valence-electron chi connectivity index (χ1n) is 4.24. The number of nitrogens with zero attached hydrogens (tertiary/aromatic N) is 2. The molecule has 2 rings (SSSR count). The number of aromatic nitrogens is 2. The van der Waals surface area contributed by atoms with E-state index in [0.717, 1.165) is 17.1 Å². The normalized spacial score (nSPS) is 10.4. The fraction of sp³-hybridized carbons (Fsp3) is 0.100. The third kappa shape index (κ3) is 1.46. The van der Waals surface area contributed by atoms with E-state index in [1.807, 2.05) is 31.2 Å². The predicted molar refractivity (Wildman–Crippen MR) is 57.6 cm³/mol. The summed E-state index contributed by atoms with van der Waals surface area (Å²) in [5.41, 5.74) is 1.84. The maximum absolute atomic E-state index is 5.88. The Morgan fingerprint density at radius 3 is 2.79 bits per heavy atom. The van der Waals surface area contributed by atoms with Crippen LogP contribution in [0.15, 0.2) is 30.5 Å². The number of imidazole rings is 1. The van der Waals surface area contributed by atoms with E-state index in [4.69, 9.17) is 17.4 Å². The van der Waals surface area contributed by atoms with Crippen LogP contribution >= 0.6 is 11.6 Å². The molecule has 0 saturated heterocycles. The molecule has 1 aromatic carbocycles. The third-order valence-corrected chi connectivity index (χ3v) is 2.34. The number of nitrogen functional groups attached to an aromatic ring is 1. The molecule has 2 N–H and O–H groups in total. The maximum atomic E-state index is 5.88. The second-order valence-corrected chi connectivity index (χ2v) is 3.51. The molecule has 3 nitrogen and oxygen atoms in total. The molecule has 0 saturated carbocycles. The number of aryl methyl sites for hydroxylation is 1. The molecule has 2 aromatic rings. The zero-order valence-corrected chi connectivity index (χ0v) is 8.49. The summed E-state index contributed by atoms with van der Waals surface area (Å²) in [4.78, 5) is 4.12. The minimum Gasteiger partial charge on any atom is -0.337 e. The molecule has 0 aliphatic rings. The van der Waals surface area contributed by atoms with Crippen molar-refractivity contribution in [3.63, 3.8) is 0 Å². The van der Waals surface area contributed by atoms with Crippen molar-refractivity contribution in [3.8, 4) is 11.3 Å². The van der Waals surface area contributed by atoms with Gasteiger partial charge in [-0.2, -0.15) is 0 Å². The molecule has 14 heavy (non-hydrogen) atoms. The average Bonchev–Trinajstić information content (AvgIpc) is 2.48. The molecule has 72 valence electrons. The zero-order valence-electron chi connectivity index (χ0n) is 7.74. The summed E-state index contributed by atoms with van der Waals surface area (Å²) >= 11 is 5.88. The van der Waals surface area contributed by atoms with Crippen LogP contribution in [0, 0.1) is 6.92 Å². The summed E-state index contributed by atoms with van der Waals surface area (Å²) in [5.74, 6) is 6.57. The smallest absolute Gasteiger partial charge is 0.124 e. The molecule has 0 atom stereocenters. The van der Waals surface area contributed by atoms with Crippen molar-refractivity contribution in [2.45, 2.75) is 6.92 Å². The van der Waals surface area contributed by atoms with Crippen LogP contribution in [0.4, 0.5) is 0 Å². The van der Waals surface area contributed by atoms with Crippen molar-refractivity contribution >= 4 is 11.6 Å². The Morgan fingerprint density at radius 1 is 1.43 bits per heavy atom. The molecule has 0 radical (unpaired) electrons. The minimum absolute atomic E-state index is 0.696. The Kier molecular flexibility index (Phi) is 2.17. The minimum atomic E-state index is 0.696. The van der Waals surface area contributed by atoms with Crippen molar-refractivity contribution in [3.05, 3.63) is 41.3 Å². The molecule has 0 aliphatic carbocycles. The highest BCUT2D eigenvalue weighted by molar-refractivity contribution is 6.30. The van der Waals surface area contributed by atoms with Crippen molar-refractivity contribution in [1.29, 1.82) is 0 Å². The predicted octanol–water partition coefficient (Wildman–Crippen LogP) is 2.23. The van der Waals surface area contributed by atoms with E-state index in [9.17, 15) is 0 Å². The van der Waals surface area contributed by atoms with E-state index in [0.29, 0.717) is 5.02 Å². The van der Waals surface area contributed by atoms with Crippen LogP contribution in [0.3, 0.4) is 0 Å². The Hall–Kier alpha value is -1.48. The van der Waals surface area contributed by atoms with Crippen molar-refractivity contribution in [1.82, 2.24) is 9.66 Å². The van der Waals surface area contributed by atoms with Crippen LogP contribution in [0.1, 0.15) is 5.82 Å². The number of hydrogen-bond acceptors (Lipinski definition) is 2. The first kappa shape index (κ1) is 9.09. The van der Waals surface area contributed by atoms with Crippen LogP contribution in [0.5, 0.6) is 0 Å². The van der Waals surface area contributed by atoms with E-state index in [-0.39, 0.29) is 0 Å². The van der Waals surface area contributed by atoms with Gasteiger partial charge in [0.1, 0.15) is 5.82 Å². The molecule has 0 spiro atoms. The van der Waals surface area contributed by atoms with Gasteiger partial charge in [-0.3, -0.25) is 0 Å². The van der Waals surface area contributed by atoms with E-state index in [2.05, 4.69) is 4.98 Å². The molecular weight excluding hydrogens is 198 g/mol. The highest BCUT2D eigenvalue weighted by atomic mass is 35.5. The van der Waals surface area contributed by atoms with E-state index < -0.39 is 0 Å². The molecular formula is C10H10ClN3. The van der Waals surface area contributed by atoms with Crippen LogP contribution in [-0.2, 0) is 0 Å². The maximum Gasteiger partial charge on any atom is 0.124 e. The van der Waals surface area contributed by atoms with Gasteiger partial charge in [-0.15, -0.1) is 0 Å². The molecule has 1 heterocycles. The Morgan fingerprint density at radius 2 is 2.21 bits per heavy atom. The number of benzene rings is 1. The molecule has 0 amide bonds. The van der Waals surface area contributed by atoms with Crippen LogP contribution in [0.2, 0.25) is 5.02 Å². The Bertz CT molecular complexity index is 462. The largest absolute Gasteiger partial charge is 0.337 e. The number of halogens is 1. The van der Waals surface area contributed by atoms with Crippen LogP contribution in [0.25, 0.3) is 11.3 Å². The standard InChI is InChI=1S/C10H10ClN3/c1-7-13-6-10(14(7)12)8-3-2-4-9(11)5-8/h2-6H,12H2,1H3. The van der Waals surface area contributed by atoms with Gasteiger partial charge >= 0.3 is 0 Å². The summed E-state index contributed by atoms with van der Waals surface area (Å²) in [5, 5.41) is 0.696. The topological polar surface area (TPSA) is 43.8 Å². The van der Waals surface area contributed by atoms with Crippen molar-refractivity contribution in [2.24, 2.45) is 0 Å². The molecule has 0 aliphatic heterocycles. The Balaban J connectivity index is 2.55. The van der Waals surface area contributed by atoms with Gasteiger partial charge in [0.05, 0.1) is 11.9 Å². The number of rotatable bonds is 1. The lowest BCUT2D eigenvalue weighted by molar-refractivity contribution is 0.934. The highest BCUT2D eigenvalue weighted by Gasteiger charge is 2.05. The quantitative estimate of drug-likeness (QED) is 0.729. The summed E-state index contributed by atoms with van der Waals surface area (Å²) in [6, 6.07) is 7.53. The first-order valence-corrected chi connectivity index (χ1v) is 4.61. The summed E-state index contributed by atoms with van der Waals surface area (Å²) in [7, 11) is 0. The molecule has 1 aromatic heterocycles. The van der Waals surface area contributed by atoms with Gasteiger partial charge in [0.25, 0.3) is 0 Å². The second-order valence-electron chi connectivity index (χ2n) is 3.07. The van der Waals surface area contributed by atoms with E-state index in [1.165, 1.54) is 0 Å². The van der Waals surface area contributed by atoms with E-state index in [1.54, 1.807) is 10.9 Å². The monoisotopic (exact) mass is 207 g/mol. The van der Waals surface area contributed by atoms with Gasteiger partial charge in [0.15, 0.2) is 0 Å². The van der Waals surface area contributed by atoms with Gasteiger partial charge in [0, 0.05) is 10.6 Å². The SMILES string of the molecule is Cc1ncc(-c2cccc(Cl)c2)n1N. The van der Waals surface area contributed by atoms with Crippen LogP contribution in [-0.4, -0.2) is 9.66 Å². The molecule has 0 fully saturated rings. The fourth-order valence-corrected chi connectivity index (χ4v) is 1.50. The number of hydrogen-bond donors (Lipinski definition) is 1. The number of nitrogens with two attached hydrogens (primary N) is 1. The highest BCUT2D eigenvalue weighted by Crippen LogP contribution is 2.21.